The fourth-order valence-corrected chi connectivity index (χ4v) is 4.28. The number of halogens is 2. The van der Waals surface area contributed by atoms with Crippen LogP contribution in [0.3, 0.4) is 0 Å². The molecule has 0 radical (unpaired) electrons. The SMILES string of the molecule is CCC(C)CN1CC2N(Cc3ccc(OC(F)F)cc3)CCC(=O)N2C(CC(=O)O)C1=O. The lowest BCUT2D eigenvalue weighted by atomic mass is 9.99. The summed E-state index contributed by atoms with van der Waals surface area (Å²) in [6.45, 7) is 2.84. The molecule has 2 aliphatic heterocycles. The highest BCUT2D eigenvalue weighted by Crippen LogP contribution is 2.29. The summed E-state index contributed by atoms with van der Waals surface area (Å²) in [6, 6.07) is 5.24. The first kappa shape index (κ1) is 23.9. The maximum Gasteiger partial charge on any atom is 0.387 e. The van der Waals surface area contributed by atoms with Crippen molar-refractivity contribution in [3.8, 4) is 5.75 Å². The van der Waals surface area contributed by atoms with Gasteiger partial charge in [-0.25, -0.2) is 0 Å². The first-order valence-corrected chi connectivity index (χ1v) is 10.8. The van der Waals surface area contributed by atoms with E-state index in [-0.39, 0.29) is 29.9 Å². The average Bonchev–Trinajstić information content (AvgIpc) is 2.73. The zero-order chi connectivity index (χ0) is 23.4. The number of hydrogen-bond acceptors (Lipinski definition) is 5. The van der Waals surface area contributed by atoms with E-state index in [2.05, 4.69) is 4.74 Å². The van der Waals surface area contributed by atoms with E-state index < -0.39 is 31.2 Å². The Morgan fingerprint density at radius 3 is 2.53 bits per heavy atom. The Hall–Kier alpha value is -2.75. The molecule has 2 fully saturated rings. The molecule has 2 heterocycles. The molecule has 176 valence electrons. The lowest BCUT2D eigenvalue weighted by molar-refractivity contribution is -0.173. The third-order valence-corrected chi connectivity index (χ3v) is 6.09. The predicted molar refractivity (Wildman–Crippen MR) is 111 cm³/mol. The minimum Gasteiger partial charge on any atom is -0.481 e. The number of piperazine rings is 1. The quantitative estimate of drug-likeness (QED) is 0.618. The minimum absolute atomic E-state index is 0.0590. The Balaban J connectivity index is 1.83. The number of alkyl halides is 2. The Bertz CT molecular complexity index is 835. The molecule has 0 aliphatic carbocycles. The van der Waals surface area contributed by atoms with Crippen molar-refractivity contribution in [1.29, 1.82) is 0 Å². The summed E-state index contributed by atoms with van der Waals surface area (Å²) < 4.78 is 29.2. The van der Waals surface area contributed by atoms with Crippen LogP contribution in [0.15, 0.2) is 24.3 Å². The van der Waals surface area contributed by atoms with Gasteiger partial charge < -0.3 is 19.6 Å². The molecule has 0 spiro atoms. The van der Waals surface area contributed by atoms with Gasteiger partial charge in [0.25, 0.3) is 0 Å². The van der Waals surface area contributed by atoms with E-state index >= 15 is 0 Å². The predicted octanol–water partition coefficient (Wildman–Crippen LogP) is 2.38. The van der Waals surface area contributed by atoms with Crippen molar-refractivity contribution in [2.75, 3.05) is 19.6 Å². The number of benzene rings is 1. The van der Waals surface area contributed by atoms with Crippen molar-refractivity contribution in [3.05, 3.63) is 29.8 Å². The standard InChI is InChI=1S/C22H29F2N3O5/c1-3-14(2)11-26-13-18-25(12-15-4-6-16(7-5-15)32-22(23)24)9-8-19(28)27(18)17(21(26)31)10-20(29)30/h4-7,14,17-18,22H,3,8-13H2,1-2H3,(H,29,30). The van der Waals surface area contributed by atoms with E-state index in [1.54, 1.807) is 17.0 Å². The number of carbonyl (C=O) groups is 3. The largest absolute Gasteiger partial charge is 0.481 e. The van der Waals surface area contributed by atoms with Gasteiger partial charge in [0.2, 0.25) is 11.8 Å². The van der Waals surface area contributed by atoms with Crippen LogP contribution in [0, 0.1) is 5.92 Å². The summed E-state index contributed by atoms with van der Waals surface area (Å²) in [5.74, 6) is -1.38. The summed E-state index contributed by atoms with van der Waals surface area (Å²) in [5.41, 5.74) is 0.834. The van der Waals surface area contributed by atoms with Gasteiger partial charge in [-0.05, 0) is 23.6 Å². The second-order valence-corrected chi connectivity index (χ2v) is 8.39. The molecule has 0 bridgehead atoms. The number of hydrogen-bond donors (Lipinski definition) is 1. The molecule has 2 aliphatic rings. The lowest BCUT2D eigenvalue weighted by Gasteiger charge is -2.52. The number of carbonyl (C=O) groups excluding carboxylic acids is 2. The number of rotatable bonds is 9. The van der Waals surface area contributed by atoms with Gasteiger partial charge >= 0.3 is 12.6 Å². The molecule has 3 unspecified atom stereocenters. The van der Waals surface area contributed by atoms with Crippen LogP contribution in [0.4, 0.5) is 8.78 Å². The second kappa shape index (κ2) is 10.2. The van der Waals surface area contributed by atoms with Crippen LogP contribution < -0.4 is 4.74 Å². The average molecular weight is 453 g/mol. The monoisotopic (exact) mass is 453 g/mol. The van der Waals surface area contributed by atoms with Gasteiger partial charge in [-0.2, -0.15) is 8.78 Å². The van der Waals surface area contributed by atoms with Crippen LogP contribution >= 0.6 is 0 Å². The molecule has 8 nitrogen and oxygen atoms in total. The Morgan fingerprint density at radius 2 is 1.94 bits per heavy atom. The number of ether oxygens (including phenoxy) is 1. The van der Waals surface area contributed by atoms with Crippen molar-refractivity contribution < 1.29 is 33.0 Å². The number of amides is 2. The molecule has 3 rings (SSSR count). The van der Waals surface area contributed by atoms with Crippen molar-refractivity contribution in [2.45, 2.75) is 58.5 Å². The van der Waals surface area contributed by atoms with Gasteiger partial charge in [0.05, 0.1) is 13.0 Å². The van der Waals surface area contributed by atoms with Gasteiger partial charge in [0.1, 0.15) is 18.0 Å². The zero-order valence-electron chi connectivity index (χ0n) is 18.2. The summed E-state index contributed by atoms with van der Waals surface area (Å²) in [7, 11) is 0. The van der Waals surface area contributed by atoms with E-state index in [4.69, 9.17) is 0 Å². The summed E-state index contributed by atoms with van der Waals surface area (Å²) in [5, 5.41) is 9.38. The van der Waals surface area contributed by atoms with E-state index in [1.807, 2.05) is 18.7 Å². The second-order valence-electron chi connectivity index (χ2n) is 8.39. The van der Waals surface area contributed by atoms with Crippen LogP contribution in [0.25, 0.3) is 0 Å². The van der Waals surface area contributed by atoms with Gasteiger partial charge in [-0.1, -0.05) is 32.4 Å². The zero-order valence-corrected chi connectivity index (χ0v) is 18.2. The third kappa shape index (κ3) is 5.53. The fourth-order valence-electron chi connectivity index (χ4n) is 4.28. The summed E-state index contributed by atoms with van der Waals surface area (Å²) in [4.78, 5) is 42.4. The maximum absolute atomic E-state index is 13.1. The molecule has 10 heteroatoms. The van der Waals surface area contributed by atoms with Crippen LogP contribution in [0.5, 0.6) is 5.75 Å². The normalized spacial score (nSPS) is 22.8. The topological polar surface area (TPSA) is 90.4 Å². The van der Waals surface area contributed by atoms with E-state index in [0.29, 0.717) is 26.2 Å². The maximum atomic E-state index is 13.1. The molecule has 2 saturated heterocycles. The van der Waals surface area contributed by atoms with Crippen LogP contribution in [0.1, 0.15) is 38.7 Å². The molecule has 1 aromatic carbocycles. The molecule has 0 aromatic heterocycles. The summed E-state index contributed by atoms with van der Waals surface area (Å²) in [6.07, 6.45) is 0.167. The van der Waals surface area contributed by atoms with Crippen LogP contribution in [-0.4, -0.2) is 76.0 Å². The molecule has 2 amide bonds. The van der Waals surface area contributed by atoms with Gasteiger partial charge in [0, 0.05) is 26.1 Å². The van der Waals surface area contributed by atoms with Gasteiger partial charge in [-0.15, -0.1) is 0 Å². The summed E-state index contributed by atoms with van der Waals surface area (Å²) >= 11 is 0. The van der Waals surface area contributed by atoms with Crippen molar-refractivity contribution in [3.63, 3.8) is 0 Å². The van der Waals surface area contributed by atoms with Gasteiger partial charge in [-0.3, -0.25) is 19.3 Å². The highest BCUT2D eigenvalue weighted by molar-refractivity contribution is 5.92. The first-order chi connectivity index (χ1) is 15.2. The Labute approximate surface area is 185 Å². The smallest absolute Gasteiger partial charge is 0.387 e. The third-order valence-electron chi connectivity index (χ3n) is 6.09. The fraction of sp³-hybridized carbons (Fsp3) is 0.591. The molecule has 32 heavy (non-hydrogen) atoms. The van der Waals surface area contributed by atoms with Gasteiger partial charge in [0.15, 0.2) is 0 Å². The Kier molecular flexibility index (Phi) is 7.65. The van der Waals surface area contributed by atoms with Crippen LogP contribution in [-0.2, 0) is 20.9 Å². The highest BCUT2D eigenvalue weighted by Gasteiger charge is 2.48. The number of carboxylic acid groups (broad SMARTS) is 1. The van der Waals surface area contributed by atoms with E-state index in [0.717, 1.165) is 12.0 Å². The number of aliphatic carboxylic acids is 1. The minimum atomic E-state index is -2.90. The molecule has 1 aromatic rings. The number of nitrogens with zero attached hydrogens (tertiary/aromatic N) is 3. The van der Waals surface area contributed by atoms with E-state index in [9.17, 15) is 28.3 Å². The highest BCUT2D eigenvalue weighted by atomic mass is 19.3. The van der Waals surface area contributed by atoms with Crippen molar-refractivity contribution in [2.24, 2.45) is 5.92 Å². The molecule has 0 saturated carbocycles. The van der Waals surface area contributed by atoms with Crippen molar-refractivity contribution >= 4 is 17.8 Å². The number of fused-ring (bicyclic) bond motifs is 1. The molecule has 1 N–H and O–H groups in total. The Morgan fingerprint density at radius 1 is 1.25 bits per heavy atom. The van der Waals surface area contributed by atoms with Crippen LogP contribution in [0.2, 0.25) is 0 Å². The molecule has 3 atom stereocenters. The lowest BCUT2D eigenvalue weighted by Crippen LogP contribution is -2.70. The molecular weight excluding hydrogens is 424 g/mol. The molecular formula is C22H29F2N3O5. The number of carboxylic acids is 1. The first-order valence-electron chi connectivity index (χ1n) is 10.8. The van der Waals surface area contributed by atoms with E-state index in [1.165, 1.54) is 17.0 Å². The van der Waals surface area contributed by atoms with Crippen molar-refractivity contribution in [1.82, 2.24) is 14.7 Å².